The molecule has 6 amide bonds. The summed E-state index contributed by atoms with van der Waals surface area (Å²) in [4.78, 5) is 129. The van der Waals surface area contributed by atoms with E-state index in [1.54, 1.807) is 27.2 Å². The van der Waals surface area contributed by atoms with Crippen molar-refractivity contribution in [3.63, 3.8) is 0 Å². The summed E-state index contributed by atoms with van der Waals surface area (Å²) in [6, 6.07) is 2.67. The van der Waals surface area contributed by atoms with Crippen molar-refractivity contribution in [3.05, 3.63) is 49.3 Å². The van der Waals surface area contributed by atoms with Crippen LogP contribution in [0.25, 0.3) is 49.2 Å². The van der Waals surface area contributed by atoms with Gasteiger partial charge in [0.1, 0.15) is 50.1 Å². The average molecular weight is 1240 g/mol. The number of rotatable bonds is 27. The minimum atomic E-state index is -1.14. The summed E-state index contributed by atoms with van der Waals surface area (Å²) in [7, 11) is 7.26. The molecule has 0 aromatic heterocycles. The number of aromatic hydroxyl groups is 1. The molecular formula is C64H82N6O19. The van der Waals surface area contributed by atoms with E-state index < -0.39 is 108 Å². The standard InChI is InChI=1S/C64H82N6O19/c1-34-26-36-46-51-48(56(77)55(36)65-20-25-86-59(79)67-29-41(73)69(42(74)30-67)21-16-63(7,8)88-23-18-61(3,4)84-14)38(72)28-40(82-12)50(51)49-39(81-11)27-37(47-53(49)52(46)54(45(34)35(2)71)58(83-13)57(47)78)66-33-87-60(80)68-31-43(75)70(44(76)32-68)22-17-64(9,10)89-24-19-62(5,6)85-15/h26-28,45,65-66,77H,16-25,29-33H2,1-15H3. The summed E-state index contributed by atoms with van der Waals surface area (Å²) >= 11 is 0. The number of nitrogens with zero attached hydrogens (tertiary/aromatic N) is 4. The molecule has 2 saturated heterocycles. The number of anilines is 2. The van der Waals surface area contributed by atoms with Crippen molar-refractivity contribution in [2.45, 2.75) is 123 Å². The Morgan fingerprint density at radius 1 is 0.573 bits per heavy atom. The van der Waals surface area contributed by atoms with E-state index in [2.05, 4.69) is 10.6 Å². The number of methoxy groups -OCH3 is 5. The molecule has 1 unspecified atom stereocenters. The zero-order chi connectivity index (χ0) is 65.4. The van der Waals surface area contributed by atoms with Crippen LogP contribution in [0.2, 0.25) is 0 Å². The second-order valence-electron chi connectivity index (χ2n) is 25.1. The van der Waals surface area contributed by atoms with E-state index in [1.807, 2.05) is 55.4 Å². The van der Waals surface area contributed by atoms with Crippen LogP contribution in [0, 0.1) is 0 Å². The lowest BCUT2D eigenvalue weighted by atomic mass is 9.80. The highest BCUT2D eigenvalue weighted by atomic mass is 16.6. The smallest absolute Gasteiger partial charge is 0.412 e. The molecule has 5 aromatic carbocycles. The van der Waals surface area contributed by atoms with Crippen LogP contribution in [0.3, 0.4) is 0 Å². The van der Waals surface area contributed by atoms with E-state index in [9.17, 15) is 43.5 Å². The number of ether oxygens (including phenoxy) is 9. The molecule has 482 valence electrons. The number of amides is 6. The minimum Gasteiger partial charge on any atom is -0.505 e. The van der Waals surface area contributed by atoms with Crippen LogP contribution in [0.4, 0.5) is 21.0 Å². The van der Waals surface area contributed by atoms with Crippen molar-refractivity contribution in [1.82, 2.24) is 19.6 Å². The van der Waals surface area contributed by atoms with Gasteiger partial charge in [-0.3, -0.25) is 53.2 Å². The Balaban J connectivity index is 1.08. The highest BCUT2D eigenvalue weighted by Gasteiger charge is 2.40. The lowest BCUT2D eigenvalue weighted by Gasteiger charge is -2.34. The third-order valence-electron chi connectivity index (χ3n) is 17.2. The fraction of sp³-hybridized carbons (Fsp3) is 0.547. The summed E-state index contributed by atoms with van der Waals surface area (Å²) < 4.78 is 52.3. The predicted molar refractivity (Wildman–Crippen MR) is 332 cm³/mol. The van der Waals surface area contributed by atoms with Gasteiger partial charge in [0.25, 0.3) is 0 Å². The number of imide groups is 2. The number of hydrogen-bond donors (Lipinski definition) is 3. The molecule has 25 heteroatoms. The number of benzene rings is 5. The fourth-order valence-corrected chi connectivity index (χ4v) is 11.7. The summed E-state index contributed by atoms with van der Waals surface area (Å²) in [5.74, 6) is -4.50. The van der Waals surface area contributed by atoms with Crippen molar-refractivity contribution in [3.8, 4) is 23.0 Å². The lowest BCUT2D eigenvalue weighted by Crippen LogP contribution is -2.56. The number of hydrogen-bond acceptors (Lipinski definition) is 21. The number of nitrogens with one attached hydrogen (secondary N) is 2. The maximum absolute atomic E-state index is 15.3. The second-order valence-corrected chi connectivity index (χ2v) is 25.1. The van der Waals surface area contributed by atoms with Gasteiger partial charge in [-0.1, -0.05) is 11.6 Å². The average Bonchev–Trinajstić information content (AvgIpc) is 1.64. The van der Waals surface area contributed by atoms with Crippen molar-refractivity contribution < 1.29 is 81.3 Å². The minimum absolute atomic E-state index is 0.0111. The van der Waals surface area contributed by atoms with Crippen molar-refractivity contribution in [1.29, 1.82) is 0 Å². The first-order chi connectivity index (χ1) is 41.8. The summed E-state index contributed by atoms with van der Waals surface area (Å²) in [6.45, 7) is 16.3. The summed E-state index contributed by atoms with van der Waals surface area (Å²) in [5, 5.41) is 19.9. The third-order valence-corrected chi connectivity index (χ3v) is 17.2. The zero-order valence-electron chi connectivity index (χ0n) is 53.5. The summed E-state index contributed by atoms with van der Waals surface area (Å²) in [5.41, 5.74) is -2.60. The Kier molecular flexibility index (Phi) is 19.6. The number of allylic oxidation sites excluding steroid dienone is 1. The molecule has 3 N–H and O–H groups in total. The topological polar surface area (TPSA) is 294 Å². The van der Waals surface area contributed by atoms with Gasteiger partial charge in [-0.2, -0.15) is 0 Å². The third kappa shape index (κ3) is 13.6. The molecule has 0 bridgehead atoms. The Hall–Kier alpha value is -8.13. The number of phenolic OH excluding ortho intramolecular Hbond substituents is 1. The Morgan fingerprint density at radius 3 is 1.53 bits per heavy atom. The molecular weight excluding hydrogens is 1160 g/mol. The van der Waals surface area contributed by atoms with E-state index in [4.69, 9.17) is 42.6 Å². The van der Waals surface area contributed by atoms with Crippen LogP contribution in [0.5, 0.6) is 23.0 Å². The first kappa shape index (κ1) is 66.8. The molecule has 5 aromatic rings. The van der Waals surface area contributed by atoms with Crippen molar-refractivity contribution >= 4 is 102 Å². The summed E-state index contributed by atoms with van der Waals surface area (Å²) in [6.07, 6.45) is 1.63. The van der Waals surface area contributed by atoms with E-state index in [0.29, 0.717) is 49.9 Å². The largest absolute Gasteiger partial charge is 0.505 e. The van der Waals surface area contributed by atoms with Crippen LogP contribution in [-0.4, -0.2) is 197 Å². The molecule has 1 aliphatic carbocycles. The van der Waals surface area contributed by atoms with Gasteiger partial charge in [0.2, 0.25) is 29.1 Å². The van der Waals surface area contributed by atoms with Gasteiger partial charge < -0.3 is 58.4 Å². The Bertz CT molecular complexity index is 3750. The molecule has 0 radical (unpaired) electrons. The van der Waals surface area contributed by atoms with E-state index >= 15 is 4.79 Å². The molecule has 0 saturated carbocycles. The number of fused-ring (bicyclic) bond motifs is 1. The van der Waals surface area contributed by atoms with E-state index in [0.717, 1.165) is 19.6 Å². The monoisotopic (exact) mass is 1240 g/mol. The molecule has 2 heterocycles. The maximum Gasteiger partial charge on any atom is 0.412 e. The zero-order valence-corrected chi connectivity index (χ0v) is 53.5. The number of carbonyl (C=O) groups is 7. The molecule has 8 rings (SSSR count). The molecule has 25 nitrogen and oxygen atoms in total. The highest BCUT2D eigenvalue weighted by Crippen LogP contribution is 2.57. The molecule has 2 fully saturated rings. The second kappa shape index (κ2) is 26.1. The van der Waals surface area contributed by atoms with Gasteiger partial charge in [-0.25, -0.2) is 9.59 Å². The number of carbonyl (C=O) groups excluding carboxylic acids is 7. The first-order valence-electron chi connectivity index (χ1n) is 29.5. The molecule has 1 atom stereocenters. The molecule has 89 heavy (non-hydrogen) atoms. The molecule has 3 aliphatic rings. The number of Topliss-reactive ketones (excluding diaryl/α,β-unsaturated/α-hetero) is 1. The number of phenols is 1. The maximum atomic E-state index is 15.3. The van der Waals surface area contributed by atoms with Gasteiger partial charge in [-0.15, -0.1) is 0 Å². The van der Waals surface area contributed by atoms with E-state index in [1.165, 1.54) is 40.4 Å². The van der Waals surface area contributed by atoms with Crippen molar-refractivity contribution in [2.24, 2.45) is 0 Å². The van der Waals surface area contributed by atoms with Gasteiger partial charge in [0, 0.05) is 84.0 Å². The number of piperazine rings is 2. The van der Waals surface area contributed by atoms with Crippen LogP contribution in [0.1, 0.15) is 112 Å². The van der Waals surface area contributed by atoms with E-state index in [-0.39, 0.29) is 115 Å². The predicted octanol–water partition coefficient (Wildman–Crippen LogP) is 7.11. The van der Waals surface area contributed by atoms with Gasteiger partial charge in [0.05, 0.1) is 85.0 Å². The molecule has 0 spiro atoms. The van der Waals surface area contributed by atoms with Crippen LogP contribution in [-0.2, 0) is 52.4 Å². The lowest BCUT2D eigenvalue weighted by molar-refractivity contribution is -0.153. The van der Waals surface area contributed by atoms with Crippen LogP contribution >= 0.6 is 0 Å². The van der Waals surface area contributed by atoms with Gasteiger partial charge in [-0.05, 0) is 100 Å². The SMILES string of the molecule is COc1c2c3c4c(c(NCCOC(=O)N5CC(=O)N(CCC(C)(C)OCCC(C)(C)OC)C(=O)C5)c(O)c5c(=O)cc(OC)c(c6c(OC)cc(NCOC(=O)N7CC(=O)N(CCC(C)(C)OCCC(C)(C)OC)C(=O)C7)c(c1=O)c63)c54)C=C(C)C2C(C)=O. The van der Waals surface area contributed by atoms with Crippen LogP contribution in [0.15, 0.2) is 27.3 Å². The van der Waals surface area contributed by atoms with Crippen LogP contribution < -0.4 is 35.7 Å². The molecule has 2 aliphatic heterocycles. The van der Waals surface area contributed by atoms with Gasteiger partial charge >= 0.3 is 12.2 Å². The van der Waals surface area contributed by atoms with Gasteiger partial charge in [0.15, 0.2) is 23.7 Å². The first-order valence-corrected chi connectivity index (χ1v) is 29.5. The normalized spacial score (nSPS) is 16.1. The number of ketones is 1. The fourth-order valence-electron chi connectivity index (χ4n) is 11.7. The highest BCUT2D eigenvalue weighted by molar-refractivity contribution is 6.40. The quantitative estimate of drug-likeness (QED) is 0.0118. The Morgan fingerprint density at radius 2 is 1.06 bits per heavy atom. The Labute approximate surface area is 515 Å². The van der Waals surface area contributed by atoms with Crippen molar-refractivity contribution in [2.75, 3.05) is 119 Å².